The number of nitrogens with zero attached hydrogens (tertiary/aromatic N) is 3. The molecule has 1 aromatic heterocycles. The lowest BCUT2D eigenvalue weighted by atomic mass is 10.0. The normalized spacial score (nSPS) is 22.7. The maximum Gasteiger partial charge on any atom is 0.147 e. The van der Waals surface area contributed by atoms with Crippen LogP contribution in [-0.2, 0) is 9.47 Å². The zero-order valence-electron chi connectivity index (χ0n) is 10.6. The molecule has 0 saturated carbocycles. The van der Waals surface area contributed by atoms with E-state index in [0.717, 1.165) is 6.42 Å². The molecule has 1 atom stereocenters. The summed E-state index contributed by atoms with van der Waals surface area (Å²) >= 11 is 0. The highest BCUT2D eigenvalue weighted by Crippen LogP contribution is 2.23. The van der Waals surface area contributed by atoms with Gasteiger partial charge in [-0.3, -0.25) is 0 Å². The highest BCUT2D eigenvalue weighted by molar-refractivity contribution is 5.50. The van der Waals surface area contributed by atoms with Crippen LogP contribution in [0.2, 0.25) is 0 Å². The molecule has 0 radical (unpaired) electrons. The first-order chi connectivity index (χ1) is 8.69. The van der Waals surface area contributed by atoms with Crippen molar-refractivity contribution in [3.8, 4) is 6.07 Å². The predicted octanol–water partition coefficient (Wildman–Crippen LogP) is 0.874. The topological polar surface area (TPSA) is 80.1 Å². The molecular formula is C12H16N4O2. The second kappa shape index (κ2) is 5.29. The molecule has 1 unspecified atom stereocenters. The van der Waals surface area contributed by atoms with Gasteiger partial charge in [-0.25, -0.2) is 9.97 Å². The molecule has 1 saturated heterocycles. The van der Waals surface area contributed by atoms with Crippen LogP contribution < -0.4 is 5.32 Å². The van der Waals surface area contributed by atoms with E-state index in [9.17, 15) is 0 Å². The van der Waals surface area contributed by atoms with Crippen LogP contribution in [0, 0.1) is 18.3 Å². The summed E-state index contributed by atoms with van der Waals surface area (Å²) < 4.78 is 10.9. The molecule has 0 bridgehead atoms. The minimum Gasteiger partial charge on any atom is -0.378 e. The number of nitriles is 1. The third kappa shape index (κ3) is 2.58. The molecule has 0 amide bonds. The number of anilines is 1. The highest BCUT2D eigenvalue weighted by atomic mass is 16.5. The molecule has 6 heteroatoms. The highest BCUT2D eigenvalue weighted by Gasteiger charge is 2.35. The molecule has 6 nitrogen and oxygen atoms in total. The van der Waals surface area contributed by atoms with Crippen molar-refractivity contribution in [3.05, 3.63) is 17.6 Å². The molecule has 2 heterocycles. The number of aromatic nitrogens is 2. The molecule has 18 heavy (non-hydrogen) atoms. The summed E-state index contributed by atoms with van der Waals surface area (Å²) in [5.41, 5.74) is 0.108. The Morgan fingerprint density at radius 2 is 2.50 bits per heavy atom. The number of hydrogen-bond acceptors (Lipinski definition) is 6. The van der Waals surface area contributed by atoms with E-state index in [4.69, 9.17) is 14.7 Å². The lowest BCUT2D eigenvalue weighted by molar-refractivity contribution is -0.00626. The van der Waals surface area contributed by atoms with E-state index in [1.807, 2.05) is 0 Å². The van der Waals surface area contributed by atoms with Crippen molar-refractivity contribution >= 4 is 5.82 Å². The molecular weight excluding hydrogens is 232 g/mol. The number of hydrogen-bond donors (Lipinski definition) is 1. The third-order valence-corrected chi connectivity index (χ3v) is 3.11. The molecule has 2 rings (SSSR count). The average molecular weight is 248 g/mol. The van der Waals surface area contributed by atoms with E-state index in [1.165, 1.54) is 6.20 Å². The summed E-state index contributed by atoms with van der Waals surface area (Å²) in [6.45, 7) is 3.61. The SMILES string of the molecule is COC1(CNc2nc(C)ncc2C#N)CCOC1. The summed E-state index contributed by atoms with van der Waals surface area (Å²) in [5.74, 6) is 1.18. The second-order valence-electron chi connectivity index (χ2n) is 4.33. The molecule has 1 N–H and O–H groups in total. The largest absolute Gasteiger partial charge is 0.378 e. The second-order valence-corrected chi connectivity index (χ2v) is 4.33. The summed E-state index contributed by atoms with van der Waals surface area (Å²) in [7, 11) is 1.67. The lowest BCUT2D eigenvalue weighted by Gasteiger charge is -2.26. The molecule has 1 aliphatic heterocycles. The van der Waals surface area contributed by atoms with Gasteiger partial charge in [-0.2, -0.15) is 5.26 Å². The maximum absolute atomic E-state index is 9.00. The summed E-state index contributed by atoms with van der Waals surface area (Å²) in [4.78, 5) is 8.23. The quantitative estimate of drug-likeness (QED) is 0.851. The zero-order chi connectivity index (χ0) is 13.0. The van der Waals surface area contributed by atoms with Gasteiger partial charge in [-0.15, -0.1) is 0 Å². The van der Waals surface area contributed by atoms with Gasteiger partial charge in [0.15, 0.2) is 0 Å². The summed E-state index contributed by atoms with van der Waals surface area (Å²) in [5, 5.41) is 12.2. The van der Waals surface area contributed by atoms with Gasteiger partial charge >= 0.3 is 0 Å². The molecule has 1 fully saturated rings. The summed E-state index contributed by atoms with van der Waals surface area (Å²) in [6.07, 6.45) is 2.36. The van der Waals surface area contributed by atoms with Crippen molar-refractivity contribution in [1.82, 2.24) is 9.97 Å². The van der Waals surface area contributed by atoms with Crippen LogP contribution in [0.4, 0.5) is 5.82 Å². The van der Waals surface area contributed by atoms with Crippen molar-refractivity contribution in [2.75, 3.05) is 32.2 Å². The van der Waals surface area contributed by atoms with Gasteiger partial charge in [0.05, 0.1) is 12.8 Å². The van der Waals surface area contributed by atoms with Crippen molar-refractivity contribution in [2.24, 2.45) is 0 Å². The fourth-order valence-corrected chi connectivity index (χ4v) is 1.89. The van der Waals surface area contributed by atoms with Gasteiger partial charge in [-0.1, -0.05) is 0 Å². The number of nitrogens with one attached hydrogen (secondary N) is 1. The lowest BCUT2D eigenvalue weighted by Crippen LogP contribution is -2.39. The van der Waals surface area contributed by atoms with Gasteiger partial charge in [0.25, 0.3) is 0 Å². The van der Waals surface area contributed by atoms with E-state index in [1.54, 1.807) is 14.0 Å². The van der Waals surface area contributed by atoms with E-state index in [2.05, 4.69) is 21.4 Å². The Labute approximate surface area is 106 Å². The monoisotopic (exact) mass is 248 g/mol. The van der Waals surface area contributed by atoms with Gasteiger partial charge in [0, 0.05) is 26.7 Å². The van der Waals surface area contributed by atoms with Crippen LogP contribution in [0.3, 0.4) is 0 Å². The smallest absolute Gasteiger partial charge is 0.147 e. The van der Waals surface area contributed by atoms with E-state index < -0.39 is 0 Å². The van der Waals surface area contributed by atoms with Crippen LogP contribution >= 0.6 is 0 Å². The minimum atomic E-state index is -0.328. The molecule has 0 spiro atoms. The number of methoxy groups -OCH3 is 1. The number of rotatable bonds is 4. The van der Waals surface area contributed by atoms with Gasteiger partial charge in [0.1, 0.15) is 28.9 Å². The molecule has 1 aliphatic rings. The van der Waals surface area contributed by atoms with Crippen LogP contribution in [0.25, 0.3) is 0 Å². The Bertz CT molecular complexity index is 464. The molecule has 96 valence electrons. The van der Waals surface area contributed by atoms with Crippen LogP contribution in [0.15, 0.2) is 6.20 Å². The first-order valence-corrected chi connectivity index (χ1v) is 5.80. The zero-order valence-corrected chi connectivity index (χ0v) is 10.6. The van der Waals surface area contributed by atoms with Gasteiger partial charge in [0.2, 0.25) is 0 Å². The fourth-order valence-electron chi connectivity index (χ4n) is 1.89. The van der Waals surface area contributed by atoms with Crippen LogP contribution in [-0.4, -0.2) is 42.4 Å². The van der Waals surface area contributed by atoms with Crippen LogP contribution in [0.5, 0.6) is 0 Å². The van der Waals surface area contributed by atoms with E-state index in [0.29, 0.717) is 37.0 Å². The summed E-state index contributed by atoms with van der Waals surface area (Å²) in [6, 6.07) is 2.07. The van der Waals surface area contributed by atoms with Gasteiger partial charge < -0.3 is 14.8 Å². The third-order valence-electron chi connectivity index (χ3n) is 3.11. The Morgan fingerprint density at radius 1 is 1.67 bits per heavy atom. The average Bonchev–Trinajstić information content (AvgIpc) is 2.86. The Kier molecular flexibility index (Phi) is 3.75. The van der Waals surface area contributed by atoms with Crippen molar-refractivity contribution in [3.63, 3.8) is 0 Å². The number of ether oxygens (including phenoxy) is 2. The Balaban J connectivity index is 2.10. The van der Waals surface area contributed by atoms with Gasteiger partial charge in [-0.05, 0) is 6.92 Å². The minimum absolute atomic E-state index is 0.328. The van der Waals surface area contributed by atoms with Crippen molar-refractivity contribution in [2.45, 2.75) is 18.9 Å². The number of aryl methyl sites for hydroxylation is 1. The Morgan fingerprint density at radius 3 is 3.11 bits per heavy atom. The molecule has 1 aromatic rings. The first kappa shape index (κ1) is 12.7. The van der Waals surface area contributed by atoms with Crippen LogP contribution in [0.1, 0.15) is 17.8 Å². The molecule has 0 aromatic carbocycles. The maximum atomic E-state index is 9.00. The predicted molar refractivity (Wildman–Crippen MR) is 65.1 cm³/mol. The standard InChI is InChI=1S/C12H16N4O2/c1-9-14-6-10(5-13)11(16-9)15-7-12(17-2)3-4-18-8-12/h6H,3-4,7-8H2,1-2H3,(H,14,15,16). The Hall–Kier alpha value is -1.71. The molecule has 0 aliphatic carbocycles. The van der Waals surface area contributed by atoms with E-state index in [-0.39, 0.29) is 5.60 Å². The van der Waals surface area contributed by atoms with E-state index >= 15 is 0 Å². The van der Waals surface area contributed by atoms with Crippen molar-refractivity contribution < 1.29 is 9.47 Å². The fraction of sp³-hybridized carbons (Fsp3) is 0.583. The first-order valence-electron chi connectivity index (χ1n) is 5.80. The van der Waals surface area contributed by atoms with Crippen molar-refractivity contribution in [1.29, 1.82) is 5.26 Å².